The van der Waals surface area contributed by atoms with E-state index < -0.39 is 0 Å². The molecule has 1 aromatic heterocycles. The molecular formula is C17H30N4. The quantitative estimate of drug-likeness (QED) is 0.855. The van der Waals surface area contributed by atoms with Gasteiger partial charge in [-0.1, -0.05) is 13.8 Å². The Hall–Kier alpha value is -0.870. The molecule has 0 spiro atoms. The van der Waals surface area contributed by atoms with E-state index in [0.717, 1.165) is 12.6 Å². The Kier molecular flexibility index (Phi) is 4.36. The highest BCUT2D eigenvalue weighted by Crippen LogP contribution is 2.39. The number of hydrogen-bond donors (Lipinski definition) is 0. The molecule has 1 saturated carbocycles. The lowest BCUT2D eigenvalue weighted by Gasteiger charge is -2.28. The maximum Gasteiger partial charge on any atom is 0.0534 e. The first-order chi connectivity index (χ1) is 10.0. The van der Waals surface area contributed by atoms with Crippen molar-refractivity contribution in [2.24, 2.45) is 12.5 Å². The average molecular weight is 290 g/mol. The van der Waals surface area contributed by atoms with Crippen LogP contribution in [0.1, 0.15) is 45.1 Å². The second-order valence-electron chi connectivity index (χ2n) is 7.75. The number of hydrogen-bond acceptors (Lipinski definition) is 3. The van der Waals surface area contributed by atoms with E-state index >= 15 is 0 Å². The Bertz CT molecular complexity index is 465. The van der Waals surface area contributed by atoms with Crippen molar-refractivity contribution in [2.75, 3.05) is 26.2 Å². The van der Waals surface area contributed by atoms with Crippen molar-refractivity contribution in [3.05, 3.63) is 18.0 Å². The third-order valence-electron chi connectivity index (χ3n) is 5.25. The zero-order chi connectivity index (χ0) is 14.9. The van der Waals surface area contributed by atoms with E-state index in [4.69, 9.17) is 0 Å². The van der Waals surface area contributed by atoms with Crippen molar-refractivity contribution < 1.29 is 0 Å². The van der Waals surface area contributed by atoms with Crippen LogP contribution in [0.3, 0.4) is 0 Å². The minimum absolute atomic E-state index is 0.562. The van der Waals surface area contributed by atoms with Crippen molar-refractivity contribution in [3.8, 4) is 0 Å². The summed E-state index contributed by atoms with van der Waals surface area (Å²) >= 11 is 0. The zero-order valence-corrected chi connectivity index (χ0v) is 13.9. The molecule has 1 aromatic rings. The van der Waals surface area contributed by atoms with Gasteiger partial charge in [0.25, 0.3) is 0 Å². The number of rotatable bonds is 3. The summed E-state index contributed by atoms with van der Waals surface area (Å²) in [5, 5.41) is 4.28. The molecule has 1 atom stereocenters. The van der Waals surface area contributed by atoms with Crippen molar-refractivity contribution in [1.82, 2.24) is 19.6 Å². The van der Waals surface area contributed by atoms with E-state index in [9.17, 15) is 0 Å². The lowest BCUT2D eigenvalue weighted by molar-refractivity contribution is 0.187. The van der Waals surface area contributed by atoms with Crippen molar-refractivity contribution in [3.63, 3.8) is 0 Å². The smallest absolute Gasteiger partial charge is 0.0534 e. The topological polar surface area (TPSA) is 24.3 Å². The first kappa shape index (κ1) is 15.0. The molecular weight excluding hydrogens is 260 g/mol. The van der Waals surface area contributed by atoms with Gasteiger partial charge in [-0.3, -0.25) is 14.5 Å². The maximum absolute atomic E-state index is 4.28. The zero-order valence-electron chi connectivity index (χ0n) is 13.9. The molecule has 3 rings (SSSR count). The number of aromatic nitrogens is 2. The highest BCUT2D eigenvalue weighted by Gasteiger charge is 2.34. The summed E-state index contributed by atoms with van der Waals surface area (Å²) in [7, 11) is 2.00. The second-order valence-corrected chi connectivity index (χ2v) is 7.75. The van der Waals surface area contributed by atoms with Gasteiger partial charge in [0.2, 0.25) is 0 Å². The van der Waals surface area contributed by atoms with Crippen LogP contribution in [0, 0.1) is 5.41 Å². The normalized spacial score (nSPS) is 27.9. The molecule has 0 radical (unpaired) electrons. The van der Waals surface area contributed by atoms with Crippen LogP contribution >= 0.6 is 0 Å². The van der Waals surface area contributed by atoms with Crippen molar-refractivity contribution in [2.45, 2.75) is 52.1 Å². The minimum Gasteiger partial charge on any atom is -0.299 e. The molecule has 0 aromatic carbocycles. The Balaban J connectivity index is 1.52. The molecule has 21 heavy (non-hydrogen) atoms. The van der Waals surface area contributed by atoms with Gasteiger partial charge in [0, 0.05) is 44.5 Å². The fourth-order valence-electron chi connectivity index (χ4n) is 4.04. The molecule has 2 heterocycles. The summed E-state index contributed by atoms with van der Waals surface area (Å²) in [6.07, 6.45) is 9.63. The van der Waals surface area contributed by atoms with Gasteiger partial charge < -0.3 is 0 Å². The molecule has 4 nitrogen and oxygen atoms in total. The standard InChI is InChI=1S/C17H30N4/c1-17(2)6-5-16(11-17)21-8-4-7-20(9-10-21)14-15-12-18-19(3)13-15/h12-13,16H,4-11,14H2,1-3H3/t16-/m0/s1. The van der Waals surface area contributed by atoms with Crippen LogP contribution in [0.2, 0.25) is 0 Å². The maximum atomic E-state index is 4.28. The van der Waals surface area contributed by atoms with Crippen LogP contribution in [-0.2, 0) is 13.6 Å². The summed E-state index contributed by atoms with van der Waals surface area (Å²) in [5.41, 5.74) is 1.90. The predicted octanol–water partition coefficient (Wildman–Crippen LogP) is 2.51. The summed E-state index contributed by atoms with van der Waals surface area (Å²) in [6.45, 7) is 10.9. The lowest BCUT2D eigenvalue weighted by Crippen LogP contribution is -2.37. The Morgan fingerprint density at radius 1 is 1.24 bits per heavy atom. The first-order valence-corrected chi connectivity index (χ1v) is 8.46. The van der Waals surface area contributed by atoms with Gasteiger partial charge in [0.1, 0.15) is 0 Å². The van der Waals surface area contributed by atoms with Gasteiger partial charge in [0.15, 0.2) is 0 Å². The molecule has 0 unspecified atom stereocenters. The van der Waals surface area contributed by atoms with E-state index in [-0.39, 0.29) is 0 Å². The second kappa shape index (κ2) is 6.09. The average Bonchev–Trinajstić information content (AvgIpc) is 2.90. The molecule has 0 bridgehead atoms. The van der Waals surface area contributed by atoms with Gasteiger partial charge in [-0.25, -0.2) is 0 Å². The largest absolute Gasteiger partial charge is 0.299 e. The molecule has 1 aliphatic carbocycles. The highest BCUT2D eigenvalue weighted by molar-refractivity contribution is 5.03. The van der Waals surface area contributed by atoms with Crippen LogP contribution in [0.25, 0.3) is 0 Å². The third-order valence-corrected chi connectivity index (χ3v) is 5.25. The third kappa shape index (κ3) is 3.86. The SMILES string of the molecule is Cn1cc(CN2CCCN([C@H]3CCC(C)(C)C3)CC2)cn1. The molecule has 2 fully saturated rings. The number of aryl methyl sites for hydroxylation is 1. The van der Waals surface area contributed by atoms with E-state index in [1.54, 1.807) is 0 Å². The molecule has 1 aliphatic heterocycles. The van der Waals surface area contributed by atoms with Crippen LogP contribution < -0.4 is 0 Å². The molecule has 2 aliphatic rings. The predicted molar refractivity (Wildman–Crippen MR) is 86.1 cm³/mol. The summed E-state index contributed by atoms with van der Waals surface area (Å²) in [5.74, 6) is 0. The fraction of sp³-hybridized carbons (Fsp3) is 0.824. The molecule has 0 N–H and O–H groups in total. The Labute approximate surface area is 129 Å². The van der Waals surface area contributed by atoms with Crippen LogP contribution in [0.4, 0.5) is 0 Å². The van der Waals surface area contributed by atoms with Crippen molar-refractivity contribution >= 4 is 0 Å². The van der Waals surface area contributed by atoms with E-state index in [2.05, 4.69) is 34.9 Å². The van der Waals surface area contributed by atoms with Gasteiger partial charge >= 0.3 is 0 Å². The summed E-state index contributed by atoms with van der Waals surface area (Å²) in [4.78, 5) is 5.36. The Morgan fingerprint density at radius 2 is 2.10 bits per heavy atom. The molecule has 118 valence electrons. The van der Waals surface area contributed by atoms with E-state index in [1.807, 2.05) is 17.9 Å². The monoisotopic (exact) mass is 290 g/mol. The first-order valence-electron chi connectivity index (χ1n) is 8.46. The van der Waals surface area contributed by atoms with E-state index in [1.165, 1.54) is 57.4 Å². The van der Waals surface area contributed by atoms with Crippen LogP contribution in [-0.4, -0.2) is 51.8 Å². The van der Waals surface area contributed by atoms with Gasteiger partial charge in [-0.2, -0.15) is 5.10 Å². The minimum atomic E-state index is 0.562. The molecule has 4 heteroatoms. The van der Waals surface area contributed by atoms with Gasteiger partial charge in [-0.15, -0.1) is 0 Å². The van der Waals surface area contributed by atoms with Crippen LogP contribution in [0.5, 0.6) is 0 Å². The Morgan fingerprint density at radius 3 is 2.76 bits per heavy atom. The number of nitrogens with zero attached hydrogens (tertiary/aromatic N) is 4. The van der Waals surface area contributed by atoms with E-state index in [0.29, 0.717) is 5.41 Å². The lowest BCUT2D eigenvalue weighted by atomic mass is 9.91. The molecule has 0 amide bonds. The van der Waals surface area contributed by atoms with Crippen molar-refractivity contribution in [1.29, 1.82) is 0 Å². The highest BCUT2D eigenvalue weighted by atomic mass is 15.3. The summed E-state index contributed by atoms with van der Waals surface area (Å²) in [6, 6.07) is 0.832. The summed E-state index contributed by atoms with van der Waals surface area (Å²) < 4.78 is 1.90. The van der Waals surface area contributed by atoms with Crippen LogP contribution in [0.15, 0.2) is 12.4 Å². The fourth-order valence-corrected chi connectivity index (χ4v) is 4.04. The van der Waals surface area contributed by atoms with Gasteiger partial charge in [-0.05, 0) is 44.2 Å². The van der Waals surface area contributed by atoms with Gasteiger partial charge in [0.05, 0.1) is 6.20 Å². The molecule has 1 saturated heterocycles.